The SMILES string of the molecule is COC(=O)c1ccc(C(C)NCCc2cccc(F)c2)o1. The van der Waals surface area contributed by atoms with Crippen molar-refractivity contribution in [3.63, 3.8) is 0 Å². The molecule has 0 radical (unpaired) electrons. The number of halogens is 1. The van der Waals surface area contributed by atoms with Gasteiger partial charge in [0.15, 0.2) is 0 Å². The lowest BCUT2D eigenvalue weighted by Gasteiger charge is -2.11. The van der Waals surface area contributed by atoms with Crippen molar-refractivity contribution in [2.75, 3.05) is 13.7 Å². The molecule has 1 unspecified atom stereocenters. The van der Waals surface area contributed by atoms with E-state index in [2.05, 4.69) is 10.1 Å². The van der Waals surface area contributed by atoms with Gasteiger partial charge in [-0.15, -0.1) is 0 Å². The first kappa shape index (κ1) is 15.3. The lowest BCUT2D eigenvalue weighted by Crippen LogP contribution is -2.21. The molecule has 0 aliphatic rings. The fourth-order valence-corrected chi connectivity index (χ4v) is 2.02. The minimum Gasteiger partial charge on any atom is -0.463 e. The van der Waals surface area contributed by atoms with Gasteiger partial charge in [0.1, 0.15) is 11.6 Å². The Morgan fingerprint density at radius 1 is 1.38 bits per heavy atom. The third-order valence-corrected chi connectivity index (χ3v) is 3.19. The zero-order valence-corrected chi connectivity index (χ0v) is 12.1. The van der Waals surface area contributed by atoms with Gasteiger partial charge in [0.2, 0.25) is 5.76 Å². The van der Waals surface area contributed by atoms with Crippen LogP contribution in [0.2, 0.25) is 0 Å². The Kier molecular flexibility index (Phi) is 5.11. The molecule has 0 fully saturated rings. The summed E-state index contributed by atoms with van der Waals surface area (Å²) in [4.78, 5) is 11.3. The molecule has 0 spiro atoms. The standard InChI is InChI=1S/C16H18FNO3/c1-11(14-6-7-15(21-14)16(19)20-2)18-9-8-12-4-3-5-13(17)10-12/h3-7,10-11,18H,8-9H2,1-2H3. The summed E-state index contributed by atoms with van der Waals surface area (Å²) in [5.74, 6) is 0.128. The molecule has 2 aromatic rings. The average molecular weight is 291 g/mol. The zero-order chi connectivity index (χ0) is 15.2. The van der Waals surface area contributed by atoms with E-state index in [-0.39, 0.29) is 17.6 Å². The maximum absolute atomic E-state index is 13.1. The molecule has 1 heterocycles. The molecule has 0 aliphatic heterocycles. The average Bonchev–Trinajstić information content (AvgIpc) is 2.96. The number of esters is 1. The summed E-state index contributed by atoms with van der Waals surface area (Å²) in [6.45, 7) is 2.62. The summed E-state index contributed by atoms with van der Waals surface area (Å²) in [5, 5.41) is 3.27. The molecule has 0 saturated heterocycles. The molecule has 0 amide bonds. The van der Waals surface area contributed by atoms with Gasteiger partial charge in [-0.2, -0.15) is 0 Å². The quantitative estimate of drug-likeness (QED) is 0.831. The van der Waals surface area contributed by atoms with Crippen molar-refractivity contribution < 1.29 is 18.3 Å². The second-order valence-corrected chi connectivity index (χ2v) is 4.75. The Balaban J connectivity index is 1.85. The molecule has 1 atom stereocenters. The van der Waals surface area contributed by atoms with E-state index < -0.39 is 5.97 Å². The van der Waals surface area contributed by atoms with E-state index in [0.29, 0.717) is 18.7 Å². The molecule has 0 bridgehead atoms. The predicted octanol–water partition coefficient (Wildman–Crippen LogP) is 3.10. The number of carbonyl (C=O) groups excluding carboxylic acids is 1. The zero-order valence-electron chi connectivity index (χ0n) is 12.1. The first-order valence-corrected chi connectivity index (χ1v) is 6.76. The lowest BCUT2D eigenvalue weighted by molar-refractivity contribution is 0.0562. The van der Waals surface area contributed by atoms with Crippen molar-refractivity contribution in [3.8, 4) is 0 Å². The van der Waals surface area contributed by atoms with Gasteiger partial charge in [-0.3, -0.25) is 0 Å². The van der Waals surface area contributed by atoms with E-state index in [0.717, 1.165) is 5.56 Å². The van der Waals surface area contributed by atoms with E-state index in [1.165, 1.54) is 19.2 Å². The van der Waals surface area contributed by atoms with Crippen molar-refractivity contribution in [2.45, 2.75) is 19.4 Å². The van der Waals surface area contributed by atoms with Crippen LogP contribution in [-0.4, -0.2) is 19.6 Å². The van der Waals surface area contributed by atoms with Gasteiger partial charge < -0.3 is 14.5 Å². The minimum atomic E-state index is -0.492. The topological polar surface area (TPSA) is 51.5 Å². The van der Waals surface area contributed by atoms with Crippen LogP contribution in [0.3, 0.4) is 0 Å². The van der Waals surface area contributed by atoms with Crippen LogP contribution in [0.1, 0.15) is 34.8 Å². The molecule has 1 N–H and O–H groups in total. The molecule has 1 aromatic carbocycles. The van der Waals surface area contributed by atoms with E-state index in [4.69, 9.17) is 4.42 Å². The number of hydrogen-bond donors (Lipinski definition) is 1. The van der Waals surface area contributed by atoms with Gasteiger partial charge in [-0.1, -0.05) is 12.1 Å². The number of rotatable bonds is 6. The molecule has 0 aliphatic carbocycles. The fraction of sp³-hybridized carbons (Fsp3) is 0.312. The number of nitrogens with one attached hydrogen (secondary N) is 1. The largest absolute Gasteiger partial charge is 0.463 e. The summed E-state index contributed by atoms with van der Waals surface area (Å²) < 4.78 is 23.1. The van der Waals surface area contributed by atoms with Crippen molar-refractivity contribution in [2.24, 2.45) is 0 Å². The Morgan fingerprint density at radius 2 is 2.19 bits per heavy atom. The van der Waals surface area contributed by atoms with Crippen molar-refractivity contribution in [1.82, 2.24) is 5.32 Å². The van der Waals surface area contributed by atoms with Gasteiger partial charge in [-0.25, -0.2) is 9.18 Å². The molecule has 1 aromatic heterocycles. The Hall–Kier alpha value is -2.14. The summed E-state index contributed by atoms with van der Waals surface area (Å²) >= 11 is 0. The summed E-state index contributed by atoms with van der Waals surface area (Å²) in [7, 11) is 1.31. The van der Waals surface area contributed by atoms with Crippen LogP contribution in [0.15, 0.2) is 40.8 Å². The van der Waals surface area contributed by atoms with E-state index in [1.54, 1.807) is 18.2 Å². The minimum absolute atomic E-state index is 0.0445. The van der Waals surface area contributed by atoms with Crippen LogP contribution in [0.4, 0.5) is 4.39 Å². The Morgan fingerprint density at radius 3 is 2.90 bits per heavy atom. The number of methoxy groups -OCH3 is 1. The maximum atomic E-state index is 13.1. The molecule has 4 nitrogen and oxygen atoms in total. The van der Waals surface area contributed by atoms with E-state index >= 15 is 0 Å². The molecule has 21 heavy (non-hydrogen) atoms. The van der Waals surface area contributed by atoms with Crippen LogP contribution in [0.5, 0.6) is 0 Å². The van der Waals surface area contributed by atoms with Crippen LogP contribution in [0.25, 0.3) is 0 Å². The van der Waals surface area contributed by atoms with Crippen molar-refractivity contribution in [3.05, 3.63) is 59.3 Å². The van der Waals surface area contributed by atoms with Crippen LogP contribution in [-0.2, 0) is 11.2 Å². The number of carbonyl (C=O) groups is 1. The molecular formula is C16H18FNO3. The Labute approximate surface area is 122 Å². The molecule has 2 rings (SSSR count). The van der Waals surface area contributed by atoms with Crippen LogP contribution < -0.4 is 5.32 Å². The lowest BCUT2D eigenvalue weighted by atomic mass is 10.1. The second-order valence-electron chi connectivity index (χ2n) is 4.75. The first-order valence-electron chi connectivity index (χ1n) is 6.76. The number of ether oxygens (including phenoxy) is 1. The van der Waals surface area contributed by atoms with Crippen LogP contribution in [0, 0.1) is 5.82 Å². The van der Waals surface area contributed by atoms with Gasteiger partial charge in [-0.05, 0) is 49.7 Å². The Bertz CT molecular complexity index is 609. The van der Waals surface area contributed by atoms with Gasteiger partial charge in [0.05, 0.1) is 13.2 Å². The van der Waals surface area contributed by atoms with Crippen molar-refractivity contribution >= 4 is 5.97 Å². The van der Waals surface area contributed by atoms with Gasteiger partial charge >= 0.3 is 5.97 Å². The highest BCUT2D eigenvalue weighted by Crippen LogP contribution is 2.17. The predicted molar refractivity (Wildman–Crippen MR) is 76.6 cm³/mol. The normalized spacial score (nSPS) is 12.1. The monoisotopic (exact) mass is 291 g/mol. The highest BCUT2D eigenvalue weighted by molar-refractivity contribution is 5.86. The third-order valence-electron chi connectivity index (χ3n) is 3.19. The van der Waals surface area contributed by atoms with Crippen LogP contribution >= 0.6 is 0 Å². The molecular weight excluding hydrogens is 273 g/mol. The van der Waals surface area contributed by atoms with E-state index in [1.807, 2.05) is 13.0 Å². The number of hydrogen-bond acceptors (Lipinski definition) is 4. The fourth-order valence-electron chi connectivity index (χ4n) is 2.02. The van der Waals surface area contributed by atoms with Gasteiger partial charge in [0, 0.05) is 0 Å². The molecule has 112 valence electrons. The highest BCUT2D eigenvalue weighted by Gasteiger charge is 2.14. The smallest absolute Gasteiger partial charge is 0.373 e. The van der Waals surface area contributed by atoms with Crippen molar-refractivity contribution in [1.29, 1.82) is 0 Å². The highest BCUT2D eigenvalue weighted by atomic mass is 19.1. The number of benzene rings is 1. The third kappa shape index (κ3) is 4.16. The summed E-state index contributed by atoms with van der Waals surface area (Å²) in [6.07, 6.45) is 0.715. The summed E-state index contributed by atoms with van der Waals surface area (Å²) in [6, 6.07) is 9.82. The second kappa shape index (κ2) is 7.04. The van der Waals surface area contributed by atoms with Gasteiger partial charge in [0.25, 0.3) is 0 Å². The molecule has 5 heteroatoms. The number of furan rings is 1. The van der Waals surface area contributed by atoms with E-state index in [9.17, 15) is 9.18 Å². The first-order chi connectivity index (χ1) is 10.1. The molecule has 0 saturated carbocycles. The maximum Gasteiger partial charge on any atom is 0.373 e. The summed E-state index contributed by atoms with van der Waals surface area (Å²) in [5.41, 5.74) is 0.935.